The lowest BCUT2D eigenvalue weighted by atomic mass is 10.1. The van der Waals surface area contributed by atoms with Crippen molar-refractivity contribution >= 4 is 15.9 Å². The van der Waals surface area contributed by atoms with Gasteiger partial charge in [-0.2, -0.15) is 0 Å². The van der Waals surface area contributed by atoms with Crippen molar-refractivity contribution in [2.75, 3.05) is 18.4 Å². The molecule has 1 unspecified atom stereocenters. The highest BCUT2D eigenvalue weighted by Gasteiger charge is 2.24. The highest BCUT2D eigenvalue weighted by atomic mass is 79.9. The maximum atomic E-state index is 3.52. The molecule has 1 nitrogen and oxygen atoms in total. The Hall–Kier alpha value is -0.340. The Morgan fingerprint density at radius 1 is 1.29 bits per heavy atom. The summed E-state index contributed by atoms with van der Waals surface area (Å²) in [6, 6.07) is 11.5. The van der Waals surface area contributed by atoms with E-state index in [4.69, 9.17) is 0 Å². The Balaban J connectivity index is 2.10. The van der Waals surface area contributed by atoms with E-state index in [1.54, 1.807) is 0 Å². The summed E-state index contributed by atoms with van der Waals surface area (Å²) in [6.45, 7) is 2.42. The zero-order valence-corrected chi connectivity index (χ0v) is 9.91. The van der Waals surface area contributed by atoms with Gasteiger partial charge >= 0.3 is 0 Å². The van der Waals surface area contributed by atoms with Crippen molar-refractivity contribution in [2.24, 2.45) is 0 Å². The van der Waals surface area contributed by atoms with Crippen LogP contribution in [0.25, 0.3) is 0 Å². The summed E-state index contributed by atoms with van der Waals surface area (Å²) in [5.74, 6) is 0. The maximum Gasteiger partial charge on any atom is 0.0348 e. The van der Waals surface area contributed by atoms with E-state index >= 15 is 0 Å². The second-order valence-electron chi connectivity index (χ2n) is 3.79. The van der Waals surface area contributed by atoms with Gasteiger partial charge in [-0.05, 0) is 24.9 Å². The number of rotatable bonds is 3. The number of nitrogens with zero attached hydrogens (tertiary/aromatic N) is 1. The van der Waals surface area contributed by atoms with Crippen LogP contribution in [0.3, 0.4) is 0 Å². The van der Waals surface area contributed by atoms with Crippen LogP contribution in [-0.2, 0) is 0 Å². The molecule has 14 heavy (non-hydrogen) atoms. The molecule has 1 atom stereocenters. The molecule has 0 spiro atoms. The van der Waals surface area contributed by atoms with Crippen LogP contribution in [-0.4, -0.2) is 23.3 Å². The van der Waals surface area contributed by atoms with E-state index in [9.17, 15) is 0 Å². The average Bonchev–Trinajstić information content (AvgIpc) is 2.68. The predicted octanol–water partition coefficient (Wildman–Crippen LogP) is 3.22. The number of benzene rings is 1. The summed E-state index contributed by atoms with van der Waals surface area (Å²) in [6.07, 6.45) is 2.66. The third kappa shape index (κ3) is 2.18. The fraction of sp³-hybridized carbons (Fsp3) is 0.500. The molecule has 0 amide bonds. The van der Waals surface area contributed by atoms with E-state index in [0.29, 0.717) is 6.04 Å². The third-order valence-corrected chi connectivity index (χ3v) is 3.27. The van der Waals surface area contributed by atoms with Gasteiger partial charge in [-0.1, -0.05) is 46.3 Å². The molecule has 0 aromatic heterocycles. The van der Waals surface area contributed by atoms with Crippen molar-refractivity contribution in [1.29, 1.82) is 0 Å². The Labute approximate surface area is 94.2 Å². The largest absolute Gasteiger partial charge is 0.296 e. The van der Waals surface area contributed by atoms with Gasteiger partial charge in [0.1, 0.15) is 0 Å². The number of likely N-dealkylation sites (tertiary alicyclic amines) is 1. The van der Waals surface area contributed by atoms with Gasteiger partial charge in [-0.15, -0.1) is 0 Å². The third-order valence-electron chi connectivity index (χ3n) is 2.92. The molecule has 0 aliphatic carbocycles. The fourth-order valence-corrected chi connectivity index (χ4v) is 2.71. The first-order chi connectivity index (χ1) is 6.92. The van der Waals surface area contributed by atoms with E-state index in [1.807, 2.05) is 0 Å². The first-order valence-corrected chi connectivity index (χ1v) is 6.39. The lowest BCUT2D eigenvalue weighted by Crippen LogP contribution is -2.25. The van der Waals surface area contributed by atoms with Crippen LogP contribution in [0, 0.1) is 0 Å². The number of alkyl halides is 1. The Morgan fingerprint density at radius 3 is 2.79 bits per heavy atom. The maximum absolute atomic E-state index is 3.52. The molecule has 1 aromatic carbocycles. The smallest absolute Gasteiger partial charge is 0.0348 e. The number of hydrogen-bond donors (Lipinski definition) is 0. The highest BCUT2D eigenvalue weighted by Crippen LogP contribution is 2.31. The molecule has 2 rings (SSSR count). The molecule has 1 heterocycles. The molecule has 1 fully saturated rings. The first kappa shape index (κ1) is 10.2. The summed E-state index contributed by atoms with van der Waals surface area (Å²) in [7, 11) is 0. The SMILES string of the molecule is BrCCN1CCCC1c1ccccc1. The van der Waals surface area contributed by atoms with E-state index in [-0.39, 0.29) is 0 Å². The minimum atomic E-state index is 0.661. The molecule has 0 saturated carbocycles. The minimum absolute atomic E-state index is 0.661. The zero-order chi connectivity index (χ0) is 9.80. The van der Waals surface area contributed by atoms with Gasteiger partial charge < -0.3 is 0 Å². The van der Waals surface area contributed by atoms with Crippen molar-refractivity contribution < 1.29 is 0 Å². The molecule has 1 aliphatic rings. The predicted molar refractivity (Wildman–Crippen MR) is 63.8 cm³/mol. The summed E-state index contributed by atoms with van der Waals surface area (Å²) < 4.78 is 0. The fourth-order valence-electron chi connectivity index (χ4n) is 2.26. The quantitative estimate of drug-likeness (QED) is 0.748. The van der Waals surface area contributed by atoms with Crippen LogP contribution < -0.4 is 0 Å². The van der Waals surface area contributed by atoms with E-state index in [1.165, 1.54) is 31.5 Å². The number of halogens is 1. The first-order valence-electron chi connectivity index (χ1n) is 5.27. The van der Waals surface area contributed by atoms with Crippen molar-refractivity contribution in [3.05, 3.63) is 35.9 Å². The molecular weight excluding hydrogens is 238 g/mol. The monoisotopic (exact) mass is 253 g/mol. The molecule has 0 radical (unpaired) electrons. The summed E-state index contributed by atoms with van der Waals surface area (Å²) in [5, 5.41) is 1.08. The van der Waals surface area contributed by atoms with E-state index in [2.05, 4.69) is 51.2 Å². The standard InChI is InChI=1S/C12H16BrN/c13-8-10-14-9-4-7-12(14)11-5-2-1-3-6-11/h1-3,5-6,12H,4,7-10H2. The molecular formula is C12H16BrN. The molecule has 1 aromatic rings. The van der Waals surface area contributed by atoms with Gasteiger partial charge in [-0.3, -0.25) is 4.90 Å². The molecule has 0 N–H and O–H groups in total. The van der Waals surface area contributed by atoms with Crippen LogP contribution in [0.5, 0.6) is 0 Å². The lowest BCUT2D eigenvalue weighted by molar-refractivity contribution is 0.274. The van der Waals surface area contributed by atoms with E-state index in [0.717, 1.165) is 5.33 Å². The molecule has 76 valence electrons. The van der Waals surface area contributed by atoms with Gasteiger partial charge in [0, 0.05) is 17.9 Å². The normalized spacial score (nSPS) is 22.8. The second-order valence-corrected chi connectivity index (χ2v) is 4.59. The molecule has 2 heteroatoms. The van der Waals surface area contributed by atoms with Crippen LogP contribution in [0.15, 0.2) is 30.3 Å². The van der Waals surface area contributed by atoms with Crippen LogP contribution in [0.1, 0.15) is 24.4 Å². The topological polar surface area (TPSA) is 3.24 Å². The number of hydrogen-bond acceptors (Lipinski definition) is 1. The second kappa shape index (κ2) is 4.94. The summed E-state index contributed by atoms with van der Waals surface area (Å²) >= 11 is 3.52. The van der Waals surface area contributed by atoms with Crippen molar-refractivity contribution in [3.8, 4) is 0 Å². The van der Waals surface area contributed by atoms with Gasteiger partial charge in [-0.25, -0.2) is 0 Å². The van der Waals surface area contributed by atoms with Gasteiger partial charge in [0.05, 0.1) is 0 Å². The molecule has 0 bridgehead atoms. The van der Waals surface area contributed by atoms with Crippen LogP contribution in [0.4, 0.5) is 0 Å². The molecule has 1 aliphatic heterocycles. The zero-order valence-electron chi connectivity index (χ0n) is 8.32. The van der Waals surface area contributed by atoms with Crippen LogP contribution in [0.2, 0.25) is 0 Å². The minimum Gasteiger partial charge on any atom is -0.296 e. The Kier molecular flexibility index (Phi) is 3.60. The Bertz CT molecular complexity index is 273. The average molecular weight is 254 g/mol. The van der Waals surface area contributed by atoms with E-state index < -0.39 is 0 Å². The Morgan fingerprint density at radius 2 is 2.07 bits per heavy atom. The highest BCUT2D eigenvalue weighted by molar-refractivity contribution is 9.09. The lowest BCUT2D eigenvalue weighted by Gasteiger charge is -2.23. The van der Waals surface area contributed by atoms with Crippen LogP contribution >= 0.6 is 15.9 Å². The molecule has 1 saturated heterocycles. The summed E-state index contributed by atoms with van der Waals surface area (Å²) in [4.78, 5) is 2.57. The van der Waals surface area contributed by atoms with Crippen molar-refractivity contribution in [1.82, 2.24) is 4.90 Å². The summed E-state index contributed by atoms with van der Waals surface area (Å²) in [5.41, 5.74) is 1.48. The van der Waals surface area contributed by atoms with Gasteiger partial charge in [0.15, 0.2) is 0 Å². The van der Waals surface area contributed by atoms with Crippen molar-refractivity contribution in [2.45, 2.75) is 18.9 Å². The van der Waals surface area contributed by atoms with Gasteiger partial charge in [0.25, 0.3) is 0 Å². The van der Waals surface area contributed by atoms with Gasteiger partial charge in [0.2, 0.25) is 0 Å². The van der Waals surface area contributed by atoms with Crippen molar-refractivity contribution in [3.63, 3.8) is 0 Å².